The molecule has 7 rings (SSSR count). The zero-order valence-corrected chi connectivity index (χ0v) is 28.8. The molecule has 264 valence electrons. The Hall–Kier alpha value is -6.12. The maximum absolute atomic E-state index is 14.2. The Labute approximate surface area is 289 Å². The van der Waals surface area contributed by atoms with Crippen LogP contribution in [0.25, 0.3) is 11.0 Å². The summed E-state index contributed by atoms with van der Waals surface area (Å²) in [5.41, 5.74) is 1.41. The first-order chi connectivity index (χ1) is 24.4. The number of benzene rings is 2. The maximum atomic E-state index is 14.2. The Morgan fingerprint density at radius 2 is 1.53 bits per heavy atom. The second-order valence-corrected chi connectivity index (χ2v) is 12.6. The number of carbonyl (C=O) groups excluding carboxylic acids is 2. The van der Waals surface area contributed by atoms with Crippen molar-refractivity contribution >= 4 is 22.6 Å². The van der Waals surface area contributed by atoms with Gasteiger partial charge in [0, 0.05) is 61.2 Å². The van der Waals surface area contributed by atoms with E-state index < -0.39 is 28.9 Å². The van der Waals surface area contributed by atoms with E-state index in [0.717, 1.165) is 4.57 Å². The minimum Gasteiger partial charge on any atom is -0.502 e. The summed E-state index contributed by atoms with van der Waals surface area (Å²) in [5, 5.41) is 10.6. The molecule has 2 aromatic heterocycles. The predicted molar refractivity (Wildman–Crippen MR) is 183 cm³/mol. The standard InChI is InChI=1S/C36H35N5O10/c1-17-11-25(42)31-20(32(17)43)14-23-19(30(31)18-12-28(50-5)33(44)29(13-18)51-6)7-10-40-35(46)39(36(47)41(23)40)9-8-21-34(45)38(2)24-16-27(49-4)26(48-3)15-22(24)37-21/h7,11-13,15-16,23,30,44H,8-10,14H2,1-6H3/t23-,30+/m1/s1. The highest BCUT2D eigenvalue weighted by Crippen LogP contribution is 2.51. The number of ketones is 2. The van der Waals surface area contributed by atoms with Crippen molar-refractivity contribution in [3.05, 3.63) is 101 Å². The first-order valence-electron chi connectivity index (χ1n) is 16.1. The van der Waals surface area contributed by atoms with E-state index in [2.05, 4.69) is 4.98 Å². The number of aromatic nitrogens is 5. The zero-order valence-electron chi connectivity index (χ0n) is 28.8. The van der Waals surface area contributed by atoms with E-state index in [-0.39, 0.29) is 77.2 Å². The van der Waals surface area contributed by atoms with Gasteiger partial charge in [0.15, 0.2) is 34.6 Å². The second kappa shape index (κ2) is 12.3. The molecule has 3 aliphatic rings. The number of nitrogens with zero attached hydrogens (tertiary/aromatic N) is 5. The van der Waals surface area contributed by atoms with Gasteiger partial charge in [0.25, 0.3) is 5.56 Å². The molecule has 1 N–H and O–H groups in total. The van der Waals surface area contributed by atoms with E-state index in [0.29, 0.717) is 33.7 Å². The lowest BCUT2D eigenvalue weighted by Gasteiger charge is -2.39. The van der Waals surface area contributed by atoms with Gasteiger partial charge in [0.05, 0.1) is 52.1 Å². The molecule has 15 heteroatoms. The van der Waals surface area contributed by atoms with Crippen molar-refractivity contribution in [2.45, 2.75) is 44.8 Å². The van der Waals surface area contributed by atoms with E-state index in [4.69, 9.17) is 18.9 Å². The molecule has 51 heavy (non-hydrogen) atoms. The van der Waals surface area contributed by atoms with Gasteiger partial charge in [-0.25, -0.2) is 28.5 Å². The van der Waals surface area contributed by atoms with Crippen LogP contribution in [0.2, 0.25) is 0 Å². The third kappa shape index (κ3) is 5.02. The van der Waals surface area contributed by atoms with E-state index in [1.165, 1.54) is 48.4 Å². The molecule has 0 bridgehead atoms. The molecular formula is C36H35N5O10. The van der Waals surface area contributed by atoms with Gasteiger partial charge in [-0.2, -0.15) is 0 Å². The number of Topliss-reactive ketones (excluding diaryl/α,β-unsaturated/α-hetero) is 1. The topological polar surface area (TPSA) is 175 Å². The number of rotatable bonds is 8. The minimum absolute atomic E-state index is 0.00119. The molecule has 1 aliphatic heterocycles. The van der Waals surface area contributed by atoms with Crippen LogP contribution in [-0.2, 0) is 36.1 Å². The summed E-state index contributed by atoms with van der Waals surface area (Å²) in [7, 11) is 7.35. The first-order valence-corrected chi connectivity index (χ1v) is 16.1. The van der Waals surface area contributed by atoms with E-state index in [1.54, 1.807) is 44.3 Å². The van der Waals surface area contributed by atoms with Crippen molar-refractivity contribution in [3.63, 3.8) is 0 Å². The van der Waals surface area contributed by atoms with Crippen LogP contribution >= 0.6 is 0 Å². The number of hydrogen-bond donors (Lipinski definition) is 1. The molecule has 2 atom stereocenters. The first kappa shape index (κ1) is 33.4. The van der Waals surface area contributed by atoms with Crippen LogP contribution in [0.4, 0.5) is 0 Å². The highest BCUT2D eigenvalue weighted by Gasteiger charge is 2.45. The van der Waals surface area contributed by atoms with Crippen LogP contribution in [0.5, 0.6) is 28.7 Å². The monoisotopic (exact) mass is 697 g/mol. The van der Waals surface area contributed by atoms with Crippen molar-refractivity contribution in [2.75, 3.05) is 28.4 Å². The molecule has 2 aromatic carbocycles. The number of aromatic hydroxyl groups is 1. The number of carbonyl (C=O) groups is 2. The lowest BCUT2D eigenvalue weighted by Crippen LogP contribution is -2.40. The normalized spacial score (nSPS) is 18.2. The van der Waals surface area contributed by atoms with Crippen molar-refractivity contribution < 1.29 is 33.6 Å². The summed E-state index contributed by atoms with van der Waals surface area (Å²) in [6, 6.07) is 5.64. The van der Waals surface area contributed by atoms with Crippen molar-refractivity contribution in [1.82, 2.24) is 23.5 Å². The zero-order chi connectivity index (χ0) is 36.5. The summed E-state index contributed by atoms with van der Waals surface area (Å²) in [6.45, 7) is 1.43. The Bertz CT molecular complexity index is 2450. The van der Waals surface area contributed by atoms with E-state index in [1.807, 2.05) is 0 Å². The third-order valence-electron chi connectivity index (χ3n) is 9.97. The lowest BCUT2D eigenvalue weighted by molar-refractivity contribution is -0.116. The highest BCUT2D eigenvalue weighted by atomic mass is 16.5. The fourth-order valence-electron chi connectivity index (χ4n) is 7.44. The largest absolute Gasteiger partial charge is 0.502 e. The van der Waals surface area contributed by atoms with E-state index in [9.17, 15) is 29.1 Å². The van der Waals surface area contributed by atoms with Crippen molar-refractivity contribution in [2.24, 2.45) is 7.05 Å². The number of methoxy groups -OCH3 is 4. The maximum Gasteiger partial charge on any atom is 0.347 e. The number of phenols is 1. The van der Waals surface area contributed by atoms with Gasteiger partial charge in [-0.05, 0) is 36.3 Å². The highest BCUT2D eigenvalue weighted by molar-refractivity contribution is 6.23. The summed E-state index contributed by atoms with van der Waals surface area (Å²) in [4.78, 5) is 73.1. The van der Waals surface area contributed by atoms with Crippen LogP contribution < -0.4 is 35.9 Å². The van der Waals surface area contributed by atoms with Crippen molar-refractivity contribution in [3.8, 4) is 28.7 Å². The van der Waals surface area contributed by atoms with Gasteiger partial charge < -0.3 is 28.6 Å². The summed E-state index contributed by atoms with van der Waals surface area (Å²) in [5.74, 6) is -0.670. The third-order valence-corrected chi connectivity index (χ3v) is 9.97. The molecule has 0 saturated carbocycles. The SMILES string of the molecule is COc1cc2nc(CCn3c(=O)n4n(c3=O)[C@@H]3CC5=C(C(=O)C=C(C)C5=O)[C@@H](c5cc(OC)c(O)c(OC)c5)C3=CC4)c(=O)n(C)c2cc1OC. The molecule has 0 unspecified atom stereocenters. The van der Waals surface area contributed by atoms with Gasteiger partial charge >= 0.3 is 11.4 Å². The van der Waals surface area contributed by atoms with Crippen LogP contribution in [-0.4, -0.2) is 68.6 Å². The average Bonchev–Trinajstić information content (AvgIpc) is 3.38. The summed E-state index contributed by atoms with van der Waals surface area (Å²) in [6.07, 6.45) is 3.08. The number of phenolic OH excluding ortho intramolecular Hbond substituents is 1. The van der Waals surface area contributed by atoms with Crippen LogP contribution in [0.1, 0.15) is 36.6 Å². The molecule has 3 heterocycles. The average molecular weight is 698 g/mol. The van der Waals surface area contributed by atoms with Gasteiger partial charge in [-0.3, -0.25) is 14.4 Å². The quantitative estimate of drug-likeness (QED) is 0.211. The van der Waals surface area contributed by atoms with Crippen LogP contribution in [0, 0.1) is 0 Å². The number of fused-ring (bicyclic) bond motifs is 4. The van der Waals surface area contributed by atoms with E-state index >= 15 is 0 Å². The Kier molecular flexibility index (Phi) is 8.07. The molecule has 0 fully saturated rings. The second-order valence-electron chi connectivity index (χ2n) is 12.6. The number of ether oxygens (including phenoxy) is 4. The van der Waals surface area contributed by atoms with Crippen LogP contribution in [0.15, 0.2) is 73.1 Å². The molecule has 0 saturated heterocycles. The van der Waals surface area contributed by atoms with Gasteiger partial charge in [-0.15, -0.1) is 0 Å². The smallest absolute Gasteiger partial charge is 0.347 e. The minimum atomic E-state index is -0.817. The summed E-state index contributed by atoms with van der Waals surface area (Å²) < 4.78 is 26.7. The fourth-order valence-corrected chi connectivity index (χ4v) is 7.44. The fraction of sp³-hybridized carbons (Fsp3) is 0.333. The lowest BCUT2D eigenvalue weighted by atomic mass is 9.68. The van der Waals surface area contributed by atoms with Crippen LogP contribution in [0.3, 0.4) is 0 Å². The van der Waals surface area contributed by atoms with Crippen molar-refractivity contribution in [1.29, 1.82) is 0 Å². The van der Waals surface area contributed by atoms with Gasteiger partial charge in [-0.1, -0.05) is 6.08 Å². The molecule has 2 aliphatic carbocycles. The Morgan fingerprint density at radius 1 is 0.882 bits per heavy atom. The number of allylic oxidation sites excluding steroid dienone is 6. The molecule has 0 amide bonds. The molecular weight excluding hydrogens is 662 g/mol. The number of hydrogen-bond acceptors (Lipinski definition) is 11. The number of aryl methyl sites for hydroxylation is 2. The Morgan fingerprint density at radius 3 is 2.18 bits per heavy atom. The van der Waals surface area contributed by atoms with Gasteiger partial charge in [0.2, 0.25) is 5.75 Å². The molecule has 4 aromatic rings. The predicted octanol–water partition coefficient (Wildman–Crippen LogP) is 2.10. The summed E-state index contributed by atoms with van der Waals surface area (Å²) >= 11 is 0. The van der Waals surface area contributed by atoms with Gasteiger partial charge in [0.1, 0.15) is 5.69 Å². The molecule has 15 nitrogen and oxygen atoms in total. The molecule has 0 radical (unpaired) electrons. The Balaban J connectivity index is 1.31. The molecule has 0 spiro atoms.